The minimum absolute atomic E-state index is 0.211. The summed E-state index contributed by atoms with van der Waals surface area (Å²) in [6, 6.07) is 12.8. The van der Waals surface area contributed by atoms with Gasteiger partial charge in [-0.2, -0.15) is 0 Å². The molecule has 1 saturated carbocycles. The average molecular weight is 397 g/mol. The number of nitrogens with one attached hydrogen (secondary N) is 2. The van der Waals surface area contributed by atoms with Crippen LogP contribution in [0, 0.1) is 0 Å². The Labute approximate surface area is 170 Å². The third-order valence-electron chi connectivity index (χ3n) is 5.85. The molecule has 28 heavy (non-hydrogen) atoms. The van der Waals surface area contributed by atoms with Crippen LogP contribution in [0.3, 0.4) is 0 Å². The number of nitrogens with zero attached hydrogens (tertiary/aromatic N) is 2. The number of carbonyl (C=O) groups excluding carboxylic acids is 1. The molecule has 0 spiro atoms. The topological polar surface area (TPSA) is 56.7 Å². The van der Waals surface area contributed by atoms with Crippen molar-refractivity contribution >= 4 is 23.2 Å². The predicted molar refractivity (Wildman–Crippen MR) is 115 cm³/mol. The number of thiophene rings is 1. The molecule has 1 fully saturated rings. The second-order valence-corrected chi connectivity index (χ2v) is 8.68. The normalized spacial score (nSPS) is 17.8. The van der Waals surface area contributed by atoms with Gasteiger partial charge in [-0.25, -0.2) is 0 Å². The van der Waals surface area contributed by atoms with Crippen molar-refractivity contribution in [2.45, 2.75) is 37.6 Å². The van der Waals surface area contributed by atoms with Crippen molar-refractivity contribution in [3.05, 3.63) is 57.8 Å². The number of guanidine groups is 1. The summed E-state index contributed by atoms with van der Waals surface area (Å²) in [5.74, 6) is 0.983. The van der Waals surface area contributed by atoms with Crippen molar-refractivity contribution in [2.24, 2.45) is 4.99 Å². The van der Waals surface area contributed by atoms with E-state index in [0.717, 1.165) is 32.0 Å². The molecule has 0 atom stereocenters. The summed E-state index contributed by atoms with van der Waals surface area (Å²) >= 11 is 1.80. The summed E-state index contributed by atoms with van der Waals surface area (Å²) in [5.41, 5.74) is 2.94. The maximum atomic E-state index is 12.5. The van der Waals surface area contributed by atoms with Crippen LogP contribution >= 0.6 is 11.3 Å². The lowest BCUT2D eigenvalue weighted by Gasteiger charge is -2.27. The molecule has 1 aromatic heterocycles. The number of benzene rings is 1. The van der Waals surface area contributed by atoms with Gasteiger partial charge in [-0.15, -0.1) is 11.3 Å². The summed E-state index contributed by atoms with van der Waals surface area (Å²) in [4.78, 5) is 20.3. The molecule has 1 aromatic carbocycles. The molecule has 2 aliphatic rings. The quantitative estimate of drug-likeness (QED) is 0.583. The zero-order valence-corrected chi connectivity index (χ0v) is 17.2. The molecule has 0 saturated heterocycles. The second-order valence-electron chi connectivity index (χ2n) is 7.68. The molecule has 1 aliphatic heterocycles. The van der Waals surface area contributed by atoms with Gasteiger partial charge in [-0.1, -0.05) is 30.3 Å². The highest BCUT2D eigenvalue weighted by atomic mass is 32.1. The van der Waals surface area contributed by atoms with Gasteiger partial charge in [-0.3, -0.25) is 9.79 Å². The third kappa shape index (κ3) is 4.22. The standard InChI is InChI=1S/C22H28N4OS/c1-23-21(25-16-22(10-11-22)18-5-3-2-4-6-18)24-12-7-20(27)26-13-8-19-17(15-26)9-14-28-19/h2-6,9,14H,7-8,10-13,15-16H2,1H3,(H2,23,24,25). The number of carbonyl (C=O) groups is 1. The average Bonchev–Trinajstić information content (AvgIpc) is 3.39. The lowest BCUT2D eigenvalue weighted by atomic mass is 9.96. The first-order valence-corrected chi connectivity index (χ1v) is 10.9. The van der Waals surface area contributed by atoms with Crippen molar-refractivity contribution in [3.63, 3.8) is 0 Å². The van der Waals surface area contributed by atoms with E-state index >= 15 is 0 Å². The number of aliphatic imine (C=N–C) groups is 1. The molecule has 0 radical (unpaired) electrons. The van der Waals surface area contributed by atoms with Gasteiger partial charge < -0.3 is 15.5 Å². The Morgan fingerprint density at radius 2 is 2.04 bits per heavy atom. The Balaban J connectivity index is 1.21. The van der Waals surface area contributed by atoms with Crippen LogP contribution in [-0.2, 0) is 23.2 Å². The molecule has 4 rings (SSSR count). The highest BCUT2D eigenvalue weighted by Gasteiger charge is 2.44. The predicted octanol–water partition coefficient (Wildman–Crippen LogP) is 2.92. The smallest absolute Gasteiger partial charge is 0.224 e. The van der Waals surface area contributed by atoms with Crippen molar-refractivity contribution in [3.8, 4) is 0 Å². The number of fused-ring (bicyclic) bond motifs is 1. The van der Waals surface area contributed by atoms with Gasteiger partial charge in [0, 0.05) is 49.9 Å². The zero-order valence-electron chi connectivity index (χ0n) is 16.4. The van der Waals surface area contributed by atoms with Crippen molar-refractivity contribution in [1.82, 2.24) is 15.5 Å². The van der Waals surface area contributed by atoms with Crippen LogP contribution in [-0.4, -0.2) is 43.4 Å². The van der Waals surface area contributed by atoms with Gasteiger partial charge in [0.15, 0.2) is 5.96 Å². The maximum Gasteiger partial charge on any atom is 0.224 e. The molecule has 2 heterocycles. The summed E-state index contributed by atoms with van der Waals surface area (Å²) in [7, 11) is 1.78. The number of hydrogen-bond acceptors (Lipinski definition) is 3. The number of hydrogen-bond donors (Lipinski definition) is 2. The summed E-state index contributed by atoms with van der Waals surface area (Å²) < 4.78 is 0. The van der Waals surface area contributed by atoms with Crippen LogP contribution in [0.15, 0.2) is 46.8 Å². The summed E-state index contributed by atoms with van der Waals surface area (Å²) in [6.07, 6.45) is 3.89. The first-order chi connectivity index (χ1) is 13.7. The highest BCUT2D eigenvalue weighted by Crippen LogP contribution is 2.47. The Bertz CT molecular complexity index is 841. The van der Waals surface area contributed by atoms with E-state index in [2.05, 4.69) is 57.4 Å². The lowest BCUT2D eigenvalue weighted by molar-refractivity contribution is -0.131. The SMILES string of the molecule is CN=C(NCCC(=O)N1CCc2sccc2C1)NCC1(c2ccccc2)CC1. The van der Waals surface area contributed by atoms with E-state index in [1.54, 1.807) is 18.4 Å². The zero-order chi connectivity index (χ0) is 19.4. The lowest BCUT2D eigenvalue weighted by Crippen LogP contribution is -2.43. The van der Waals surface area contributed by atoms with Crippen molar-refractivity contribution in [2.75, 3.05) is 26.7 Å². The van der Waals surface area contributed by atoms with Crippen LogP contribution in [0.2, 0.25) is 0 Å². The monoisotopic (exact) mass is 396 g/mol. The second kappa shape index (κ2) is 8.35. The molecule has 1 amide bonds. The largest absolute Gasteiger partial charge is 0.356 e. The minimum atomic E-state index is 0.211. The summed E-state index contributed by atoms with van der Waals surface area (Å²) in [5, 5.41) is 8.87. The molecule has 1 aliphatic carbocycles. The Morgan fingerprint density at radius 3 is 2.79 bits per heavy atom. The Morgan fingerprint density at radius 1 is 1.21 bits per heavy atom. The van der Waals surface area contributed by atoms with Crippen LogP contribution in [0.5, 0.6) is 0 Å². The molecule has 0 unspecified atom stereocenters. The minimum Gasteiger partial charge on any atom is -0.356 e. The third-order valence-corrected chi connectivity index (χ3v) is 6.87. The van der Waals surface area contributed by atoms with Crippen LogP contribution in [0.1, 0.15) is 35.3 Å². The summed E-state index contributed by atoms with van der Waals surface area (Å²) in [6.45, 7) is 3.06. The molecular weight excluding hydrogens is 368 g/mol. The number of rotatable bonds is 6. The van der Waals surface area contributed by atoms with Gasteiger partial charge in [0.25, 0.3) is 0 Å². The molecule has 148 valence electrons. The van der Waals surface area contributed by atoms with Gasteiger partial charge in [-0.05, 0) is 41.8 Å². The van der Waals surface area contributed by atoms with E-state index in [1.165, 1.54) is 28.8 Å². The van der Waals surface area contributed by atoms with E-state index in [4.69, 9.17) is 0 Å². The Kier molecular flexibility index (Phi) is 5.67. The fraction of sp³-hybridized carbons (Fsp3) is 0.455. The van der Waals surface area contributed by atoms with E-state index < -0.39 is 0 Å². The molecular formula is C22H28N4OS. The molecule has 6 heteroatoms. The van der Waals surface area contributed by atoms with E-state index in [0.29, 0.717) is 13.0 Å². The van der Waals surface area contributed by atoms with Crippen LogP contribution in [0.25, 0.3) is 0 Å². The molecule has 2 N–H and O–H groups in total. The molecule has 0 bridgehead atoms. The molecule has 2 aromatic rings. The van der Waals surface area contributed by atoms with Gasteiger partial charge in [0.05, 0.1) is 0 Å². The Hall–Kier alpha value is -2.34. The number of amides is 1. The van der Waals surface area contributed by atoms with Crippen LogP contribution in [0.4, 0.5) is 0 Å². The van der Waals surface area contributed by atoms with Crippen LogP contribution < -0.4 is 10.6 Å². The van der Waals surface area contributed by atoms with Gasteiger partial charge in [0.2, 0.25) is 5.91 Å². The van der Waals surface area contributed by atoms with Crippen molar-refractivity contribution in [1.29, 1.82) is 0 Å². The van der Waals surface area contributed by atoms with Crippen molar-refractivity contribution < 1.29 is 4.79 Å². The first-order valence-electron chi connectivity index (χ1n) is 10.0. The fourth-order valence-electron chi connectivity index (χ4n) is 3.89. The first kappa shape index (κ1) is 19.0. The van der Waals surface area contributed by atoms with E-state index in [9.17, 15) is 4.79 Å². The van der Waals surface area contributed by atoms with Gasteiger partial charge >= 0.3 is 0 Å². The van der Waals surface area contributed by atoms with Gasteiger partial charge in [0.1, 0.15) is 0 Å². The van der Waals surface area contributed by atoms with E-state index in [1.807, 2.05) is 4.90 Å². The fourth-order valence-corrected chi connectivity index (χ4v) is 4.78. The highest BCUT2D eigenvalue weighted by molar-refractivity contribution is 7.10. The van der Waals surface area contributed by atoms with E-state index in [-0.39, 0.29) is 11.3 Å². The maximum absolute atomic E-state index is 12.5. The molecule has 5 nitrogen and oxygen atoms in total.